The lowest BCUT2D eigenvalue weighted by molar-refractivity contribution is 0.954. The van der Waals surface area contributed by atoms with Gasteiger partial charge in [-0.05, 0) is 87.0 Å². The van der Waals surface area contributed by atoms with Gasteiger partial charge in [0.05, 0.1) is 27.8 Å². The zero-order valence-corrected chi connectivity index (χ0v) is 40.2. The first-order valence-corrected chi connectivity index (χ1v) is 25.1. The molecule has 0 fully saturated rings. The maximum Gasteiger partial charge on any atom is 0.238 e. The van der Waals surface area contributed by atoms with Gasteiger partial charge in [-0.2, -0.15) is 9.97 Å². The second kappa shape index (κ2) is 18.0. The van der Waals surface area contributed by atoms with Crippen molar-refractivity contribution in [3.8, 4) is 90.0 Å². The molecular formula is C69H45N5. The fourth-order valence-corrected chi connectivity index (χ4v) is 10.9. The van der Waals surface area contributed by atoms with Crippen LogP contribution in [-0.4, -0.2) is 24.1 Å². The summed E-state index contributed by atoms with van der Waals surface area (Å²) >= 11 is 0. The van der Waals surface area contributed by atoms with Crippen molar-refractivity contribution in [3.63, 3.8) is 0 Å². The predicted octanol–water partition coefficient (Wildman–Crippen LogP) is 17.7. The smallest absolute Gasteiger partial charge is 0.238 e. The number of hydrogen-bond donors (Lipinski definition) is 0. The van der Waals surface area contributed by atoms with Gasteiger partial charge < -0.3 is 4.57 Å². The number of fused-ring (bicyclic) bond motifs is 6. The van der Waals surface area contributed by atoms with Gasteiger partial charge in [0.2, 0.25) is 5.95 Å². The summed E-state index contributed by atoms with van der Waals surface area (Å²) in [5.41, 5.74) is 18.7. The molecule has 0 spiro atoms. The quantitative estimate of drug-likeness (QED) is 0.145. The summed E-state index contributed by atoms with van der Waals surface area (Å²) in [7, 11) is 0. The third kappa shape index (κ3) is 7.46. The Bertz CT molecular complexity index is 4330. The average Bonchev–Trinajstić information content (AvgIpc) is 4.01. The van der Waals surface area contributed by atoms with Gasteiger partial charge in [-0.15, -0.1) is 0 Å². The van der Waals surface area contributed by atoms with Crippen LogP contribution in [0, 0.1) is 0 Å². The lowest BCUT2D eigenvalue weighted by Crippen LogP contribution is -2.07. The van der Waals surface area contributed by atoms with Gasteiger partial charge in [-0.3, -0.25) is 4.57 Å². The molecule has 11 aromatic carbocycles. The van der Waals surface area contributed by atoms with Crippen molar-refractivity contribution < 1.29 is 0 Å². The van der Waals surface area contributed by atoms with Crippen LogP contribution in [0.1, 0.15) is 0 Å². The first-order valence-electron chi connectivity index (χ1n) is 25.1. The van der Waals surface area contributed by atoms with E-state index in [1.807, 2.05) is 18.2 Å². The third-order valence-electron chi connectivity index (χ3n) is 14.4. The molecule has 3 aromatic heterocycles. The van der Waals surface area contributed by atoms with E-state index in [4.69, 9.17) is 15.0 Å². The minimum Gasteiger partial charge on any atom is -0.309 e. The molecule has 0 saturated heterocycles. The Kier molecular flexibility index (Phi) is 10.4. The topological polar surface area (TPSA) is 48.5 Å². The minimum atomic E-state index is 0.550. The van der Waals surface area contributed by atoms with Crippen molar-refractivity contribution in [2.75, 3.05) is 0 Å². The van der Waals surface area contributed by atoms with Crippen molar-refractivity contribution in [2.45, 2.75) is 0 Å². The average molecular weight is 944 g/mol. The van der Waals surface area contributed by atoms with Gasteiger partial charge >= 0.3 is 0 Å². The fourth-order valence-electron chi connectivity index (χ4n) is 10.9. The minimum absolute atomic E-state index is 0.550. The van der Waals surface area contributed by atoms with Crippen LogP contribution in [0.25, 0.3) is 134 Å². The Labute approximate surface area is 428 Å². The van der Waals surface area contributed by atoms with Crippen molar-refractivity contribution in [2.24, 2.45) is 0 Å². The maximum atomic E-state index is 5.43. The van der Waals surface area contributed by atoms with Crippen LogP contribution in [0.5, 0.6) is 0 Å². The molecule has 5 nitrogen and oxygen atoms in total. The van der Waals surface area contributed by atoms with Gasteiger partial charge in [0.15, 0.2) is 11.6 Å². The van der Waals surface area contributed by atoms with Crippen molar-refractivity contribution in [1.82, 2.24) is 24.1 Å². The van der Waals surface area contributed by atoms with Gasteiger partial charge in [0, 0.05) is 43.8 Å². The number of rotatable bonds is 9. The Morgan fingerprint density at radius 1 is 0.230 bits per heavy atom. The largest absolute Gasteiger partial charge is 0.309 e. The van der Waals surface area contributed by atoms with E-state index in [1.54, 1.807) is 0 Å². The SMILES string of the molecule is c1ccc(-c2cccc(-c3ccc(-c4ccc(-c5nc(-c6ccccc6)nc(-n6c7ccccc7c7cc(-c8ccccc8)cc(-c8ccccc8)c76)n5)cc4)c(-n4c5ccccc5c5ccccc54)c3)c2)cc1. The van der Waals surface area contributed by atoms with E-state index < -0.39 is 0 Å². The first-order chi connectivity index (χ1) is 36.7. The summed E-state index contributed by atoms with van der Waals surface area (Å²) in [5.74, 6) is 1.74. The molecule has 5 heteroatoms. The Balaban J connectivity index is 0.950. The highest BCUT2D eigenvalue weighted by Crippen LogP contribution is 2.43. The standard InChI is InChI=1S/C69H45N5/c1-5-20-46(21-6-1)52-28-19-29-53(42-52)54-40-41-56(65(45-54)73-62-33-16-13-30-57(62)58-31-14-17-34-63(58)73)49-36-38-51(39-37-49)68-70-67(50-26-11-4-12-27-50)71-69(72-68)74-64-35-18-15-32-59(64)61-44-55(47-22-7-2-8-23-47)43-60(66(61)74)48-24-9-3-10-25-48/h1-45H. The number of benzene rings is 11. The van der Waals surface area contributed by atoms with E-state index in [0.717, 1.165) is 94.2 Å². The zero-order chi connectivity index (χ0) is 49.0. The van der Waals surface area contributed by atoms with Crippen molar-refractivity contribution in [3.05, 3.63) is 273 Å². The van der Waals surface area contributed by atoms with Crippen LogP contribution >= 0.6 is 0 Å². The molecule has 0 bridgehead atoms. The highest BCUT2D eigenvalue weighted by Gasteiger charge is 2.23. The molecule has 0 saturated carbocycles. The lowest BCUT2D eigenvalue weighted by Gasteiger charge is -2.17. The molecule has 0 unspecified atom stereocenters. The highest BCUT2D eigenvalue weighted by atomic mass is 15.2. The molecule has 14 rings (SSSR count). The summed E-state index contributed by atoms with van der Waals surface area (Å²) in [6.45, 7) is 0. The fraction of sp³-hybridized carbons (Fsp3) is 0. The van der Waals surface area contributed by atoms with E-state index in [-0.39, 0.29) is 0 Å². The molecule has 0 amide bonds. The molecule has 0 aliphatic carbocycles. The van der Waals surface area contributed by atoms with E-state index in [1.165, 1.54) is 21.9 Å². The molecule has 0 N–H and O–H groups in total. The Hall–Kier alpha value is -9.97. The summed E-state index contributed by atoms with van der Waals surface area (Å²) in [5, 5.41) is 4.69. The molecular weight excluding hydrogens is 899 g/mol. The molecule has 0 aliphatic rings. The lowest BCUT2D eigenvalue weighted by atomic mass is 9.95. The zero-order valence-electron chi connectivity index (χ0n) is 40.2. The Morgan fingerprint density at radius 3 is 1.23 bits per heavy atom. The van der Waals surface area contributed by atoms with E-state index in [0.29, 0.717) is 17.6 Å². The summed E-state index contributed by atoms with van der Waals surface area (Å²) in [4.78, 5) is 16.0. The molecule has 0 radical (unpaired) electrons. The van der Waals surface area contributed by atoms with Crippen LogP contribution < -0.4 is 0 Å². The van der Waals surface area contributed by atoms with Crippen LogP contribution in [0.4, 0.5) is 0 Å². The van der Waals surface area contributed by atoms with Gasteiger partial charge in [0.25, 0.3) is 0 Å². The summed E-state index contributed by atoms with van der Waals surface area (Å²) in [6.07, 6.45) is 0. The molecule has 74 heavy (non-hydrogen) atoms. The second-order valence-electron chi connectivity index (χ2n) is 18.8. The third-order valence-corrected chi connectivity index (χ3v) is 14.4. The Morgan fingerprint density at radius 2 is 0.635 bits per heavy atom. The molecule has 0 aliphatic heterocycles. The number of aromatic nitrogens is 5. The monoisotopic (exact) mass is 943 g/mol. The van der Waals surface area contributed by atoms with E-state index in [9.17, 15) is 0 Å². The van der Waals surface area contributed by atoms with Crippen LogP contribution in [0.15, 0.2) is 273 Å². The van der Waals surface area contributed by atoms with E-state index >= 15 is 0 Å². The van der Waals surface area contributed by atoms with Gasteiger partial charge in [0.1, 0.15) is 0 Å². The molecule has 346 valence electrons. The van der Waals surface area contributed by atoms with Crippen LogP contribution in [0.3, 0.4) is 0 Å². The van der Waals surface area contributed by atoms with Crippen LogP contribution in [-0.2, 0) is 0 Å². The molecule has 0 atom stereocenters. The number of hydrogen-bond acceptors (Lipinski definition) is 3. The van der Waals surface area contributed by atoms with E-state index in [2.05, 4.69) is 264 Å². The van der Waals surface area contributed by atoms with Crippen molar-refractivity contribution >= 4 is 43.6 Å². The van der Waals surface area contributed by atoms with Gasteiger partial charge in [-0.25, -0.2) is 4.98 Å². The predicted molar refractivity (Wildman–Crippen MR) is 307 cm³/mol. The summed E-state index contributed by atoms with van der Waals surface area (Å²) in [6, 6.07) is 97.2. The second-order valence-corrected chi connectivity index (χ2v) is 18.8. The normalized spacial score (nSPS) is 11.5. The molecule has 14 aromatic rings. The van der Waals surface area contributed by atoms with Gasteiger partial charge in [-0.1, -0.05) is 231 Å². The van der Waals surface area contributed by atoms with Crippen LogP contribution in [0.2, 0.25) is 0 Å². The first kappa shape index (κ1) is 42.9. The highest BCUT2D eigenvalue weighted by molar-refractivity contribution is 6.15. The maximum absolute atomic E-state index is 5.43. The summed E-state index contributed by atoms with van der Waals surface area (Å²) < 4.78 is 4.67. The number of para-hydroxylation sites is 3. The molecule has 3 heterocycles. The van der Waals surface area contributed by atoms with Crippen molar-refractivity contribution in [1.29, 1.82) is 0 Å². The number of nitrogens with zero attached hydrogens (tertiary/aromatic N) is 5.